The van der Waals surface area contributed by atoms with E-state index in [0.717, 1.165) is 29.3 Å². The summed E-state index contributed by atoms with van der Waals surface area (Å²) in [5, 5.41) is 12.8. The lowest BCUT2D eigenvalue weighted by atomic mass is 9.89. The van der Waals surface area contributed by atoms with Crippen molar-refractivity contribution in [2.45, 2.75) is 13.3 Å². The summed E-state index contributed by atoms with van der Waals surface area (Å²) in [7, 11) is 0. The number of pyridine rings is 2. The quantitative estimate of drug-likeness (QED) is 0.528. The van der Waals surface area contributed by atoms with Gasteiger partial charge in [-0.1, -0.05) is 29.9 Å². The van der Waals surface area contributed by atoms with Crippen LogP contribution in [-0.4, -0.2) is 40.7 Å². The van der Waals surface area contributed by atoms with Gasteiger partial charge in [0, 0.05) is 37.4 Å². The summed E-state index contributed by atoms with van der Waals surface area (Å²) in [6.07, 6.45) is 7.69. The molecule has 2 N–H and O–H groups in total. The molecule has 178 valence electrons. The van der Waals surface area contributed by atoms with Gasteiger partial charge in [0.1, 0.15) is 23.0 Å². The van der Waals surface area contributed by atoms with E-state index in [-0.39, 0.29) is 29.5 Å². The monoisotopic (exact) mass is 474 g/mol. The Labute approximate surface area is 201 Å². The van der Waals surface area contributed by atoms with Crippen LogP contribution in [0.4, 0.5) is 20.2 Å². The third kappa shape index (κ3) is 4.44. The number of allylic oxidation sites excluding steroid dienone is 2. The molecular weight excluding hydrogens is 450 g/mol. The Balaban J connectivity index is 1.75. The van der Waals surface area contributed by atoms with Crippen molar-refractivity contribution in [3.63, 3.8) is 0 Å². The predicted octanol–water partition coefficient (Wildman–Crippen LogP) is 4.84. The van der Waals surface area contributed by atoms with E-state index in [1.807, 2.05) is 19.1 Å². The van der Waals surface area contributed by atoms with Crippen molar-refractivity contribution in [2.75, 3.05) is 29.9 Å². The van der Waals surface area contributed by atoms with E-state index >= 15 is 4.39 Å². The summed E-state index contributed by atoms with van der Waals surface area (Å²) in [4.78, 5) is 23.6. The maximum Gasteiger partial charge on any atom is 0.274 e. The van der Waals surface area contributed by atoms with E-state index in [1.54, 1.807) is 30.6 Å². The number of amides is 1. The van der Waals surface area contributed by atoms with Crippen LogP contribution in [0.5, 0.6) is 0 Å². The standard InChI is InChI=1S/C27H24F2N4O2/c1-16-11-17-3-2-4-20(28)25(17)26-21(29)5-6-22(31-26)27(35)32-23-13-30-9-7-24(23)33-10-8-18(15-34)19(12-16)14-33/h2-7,9,11-13,18,34H,8,10,14-15H2,1H3,(H,32,35). The molecule has 1 aromatic carbocycles. The molecule has 1 atom stereocenters. The molecule has 1 saturated heterocycles. The first-order valence-corrected chi connectivity index (χ1v) is 11.4. The van der Waals surface area contributed by atoms with Crippen LogP contribution in [0.3, 0.4) is 0 Å². The molecule has 0 radical (unpaired) electrons. The maximum atomic E-state index is 15.0. The van der Waals surface area contributed by atoms with Crippen molar-refractivity contribution in [1.29, 1.82) is 0 Å². The Bertz CT molecular complexity index is 1370. The Kier molecular flexibility index (Phi) is 6.13. The summed E-state index contributed by atoms with van der Waals surface area (Å²) in [5.74, 6) is -1.95. The molecule has 1 fully saturated rings. The minimum absolute atomic E-state index is 0.0130. The zero-order chi connectivity index (χ0) is 24.5. The van der Waals surface area contributed by atoms with Crippen LogP contribution in [0.2, 0.25) is 0 Å². The topological polar surface area (TPSA) is 78.4 Å². The fourth-order valence-corrected chi connectivity index (χ4v) is 4.68. The lowest BCUT2D eigenvalue weighted by molar-refractivity contribution is 0.102. The van der Waals surface area contributed by atoms with Gasteiger partial charge in [-0.05, 0) is 48.7 Å². The minimum Gasteiger partial charge on any atom is -0.396 e. The van der Waals surface area contributed by atoms with E-state index in [4.69, 9.17) is 0 Å². The van der Waals surface area contributed by atoms with Crippen LogP contribution in [0.25, 0.3) is 17.3 Å². The maximum absolute atomic E-state index is 15.0. The normalized spacial score (nSPS) is 17.8. The Morgan fingerprint density at radius 1 is 1.14 bits per heavy atom. The van der Waals surface area contributed by atoms with Crippen molar-refractivity contribution in [1.82, 2.24) is 9.97 Å². The van der Waals surface area contributed by atoms with E-state index in [9.17, 15) is 14.3 Å². The van der Waals surface area contributed by atoms with Crippen molar-refractivity contribution < 1.29 is 18.7 Å². The van der Waals surface area contributed by atoms with Crippen LogP contribution in [0.15, 0.2) is 66.0 Å². The van der Waals surface area contributed by atoms with Gasteiger partial charge in [-0.2, -0.15) is 0 Å². The minimum atomic E-state index is -0.731. The van der Waals surface area contributed by atoms with Crippen molar-refractivity contribution in [3.05, 3.63) is 88.9 Å². The molecular formula is C27H24F2N4O2. The van der Waals surface area contributed by atoms with Gasteiger partial charge in [0.2, 0.25) is 0 Å². The van der Waals surface area contributed by atoms with E-state index in [2.05, 4.69) is 20.2 Å². The average molecular weight is 475 g/mol. The van der Waals surface area contributed by atoms with Crippen LogP contribution in [0, 0.1) is 17.6 Å². The fraction of sp³-hybridized carbons (Fsp3) is 0.222. The van der Waals surface area contributed by atoms with Crippen molar-refractivity contribution >= 4 is 23.4 Å². The summed E-state index contributed by atoms with van der Waals surface area (Å²) < 4.78 is 29.9. The molecule has 3 aromatic rings. The molecule has 8 heteroatoms. The number of piperidine rings is 1. The van der Waals surface area contributed by atoms with Gasteiger partial charge in [0.25, 0.3) is 5.91 Å². The predicted molar refractivity (Wildman–Crippen MR) is 131 cm³/mol. The summed E-state index contributed by atoms with van der Waals surface area (Å²) >= 11 is 0. The molecule has 2 aliphatic heterocycles. The van der Waals surface area contributed by atoms with Crippen LogP contribution in [-0.2, 0) is 0 Å². The Hall–Kier alpha value is -3.91. The summed E-state index contributed by atoms with van der Waals surface area (Å²) in [6.45, 7) is 3.13. The number of fused-ring (bicyclic) bond motifs is 8. The fourth-order valence-electron chi connectivity index (χ4n) is 4.68. The highest BCUT2D eigenvalue weighted by Crippen LogP contribution is 2.34. The first-order valence-electron chi connectivity index (χ1n) is 11.4. The van der Waals surface area contributed by atoms with E-state index in [1.165, 1.54) is 12.1 Å². The highest BCUT2D eigenvalue weighted by Gasteiger charge is 2.26. The van der Waals surface area contributed by atoms with Gasteiger partial charge >= 0.3 is 0 Å². The molecule has 5 rings (SSSR count). The number of hydrogen-bond acceptors (Lipinski definition) is 5. The SMILES string of the molecule is CC1=Cc2cccc(F)c2-c2nc(ccc2F)C(=O)Nc2cnccc2N2CCC(CO)C(=C1)C2. The van der Waals surface area contributed by atoms with E-state index in [0.29, 0.717) is 24.3 Å². The van der Waals surface area contributed by atoms with Gasteiger partial charge in [-0.3, -0.25) is 9.78 Å². The molecule has 1 unspecified atom stereocenters. The van der Waals surface area contributed by atoms with Crippen LogP contribution < -0.4 is 10.2 Å². The zero-order valence-electron chi connectivity index (χ0n) is 19.1. The second-order valence-corrected chi connectivity index (χ2v) is 8.78. The van der Waals surface area contributed by atoms with Gasteiger partial charge in [-0.15, -0.1) is 0 Å². The average Bonchev–Trinajstić information content (AvgIpc) is 2.85. The molecule has 0 saturated carbocycles. The molecule has 2 aromatic heterocycles. The lowest BCUT2D eigenvalue weighted by Gasteiger charge is -2.36. The second kappa shape index (κ2) is 9.38. The lowest BCUT2D eigenvalue weighted by Crippen LogP contribution is -2.37. The number of halogens is 2. The molecule has 0 aliphatic carbocycles. The highest BCUT2D eigenvalue weighted by atomic mass is 19.1. The summed E-state index contributed by atoms with van der Waals surface area (Å²) in [6, 6.07) is 8.70. The Morgan fingerprint density at radius 3 is 2.83 bits per heavy atom. The first-order chi connectivity index (χ1) is 16.9. The first kappa shape index (κ1) is 22.9. The number of nitrogens with zero attached hydrogens (tertiary/aromatic N) is 3. The second-order valence-electron chi connectivity index (χ2n) is 8.78. The molecule has 35 heavy (non-hydrogen) atoms. The van der Waals surface area contributed by atoms with Gasteiger partial charge in [0.15, 0.2) is 0 Å². The molecule has 6 nitrogen and oxygen atoms in total. The zero-order valence-corrected chi connectivity index (χ0v) is 19.1. The number of carbonyl (C=O) groups is 1. The number of hydrogen-bond donors (Lipinski definition) is 2. The number of aliphatic hydroxyl groups excluding tert-OH is 1. The molecule has 2 aliphatic rings. The largest absolute Gasteiger partial charge is 0.396 e. The van der Waals surface area contributed by atoms with Crippen molar-refractivity contribution in [3.8, 4) is 11.3 Å². The number of rotatable bonds is 1. The van der Waals surface area contributed by atoms with Crippen LogP contribution >= 0.6 is 0 Å². The Morgan fingerprint density at radius 2 is 2.00 bits per heavy atom. The third-order valence-corrected chi connectivity index (χ3v) is 6.41. The van der Waals surface area contributed by atoms with Gasteiger partial charge in [-0.25, -0.2) is 13.8 Å². The molecule has 4 bridgehead atoms. The van der Waals surface area contributed by atoms with Gasteiger partial charge < -0.3 is 15.3 Å². The molecule has 0 spiro atoms. The number of carbonyl (C=O) groups excluding carboxylic acids is 1. The van der Waals surface area contributed by atoms with Crippen LogP contribution in [0.1, 0.15) is 29.4 Å². The molecule has 1 amide bonds. The third-order valence-electron chi connectivity index (χ3n) is 6.41. The van der Waals surface area contributed by atoms with Gasteiger partial charge in [0.05, 0.1) is 17.6 Å². The number of aromatic nitrogens is 2. The number of benzene rings is 1. The number of nitrogens with one attached hydrogen (secondary N) is 1. The van der Waals surface area contributed by atoms with Crippen molar-refractivity contribution in [2.24, 2.45) is 5.92 Å². The molecule has 4 heterocycles. The summed E-state index contributed by atoms with van der Waals surface area (Å²) in [5.41, 5.74) is 3.25. The smallest absolute Gasteiger partial charge is 0.274 e. The number of aliphatic hydroxyl groups is 1. The van der Waals surface area contributed by atoms with E-state index < -0.39 is 17.5 Å². The highest BCUT2D eigenvalue weighted by molar-refractivity contribution is 6.05. The number of anilines is 2.